The number of esters is 1. The number of aryl methyl sites for hydroxylation is 1. The van der Waals surface area contributed by atoms with Crippen LogP contribution in [0.4, 0.5) is 0 Å². The maximum Gasteiger partial charge on any atom is 0.338 e. The predicted octanol–water partition coefficient (Wildman–Crippen LogP) is 3.85. The summed E-state index contributed by atoms with van der Waals surface area (Å²) in [5.74, 6) is -0.526. The van der Waals surface area contributed by atoms with Crippen LogP contribution in [-0.4, -0.2) is 24.5 Å². The minimum Gasteiger partial charge on any atom is -0.449 e. The molecular formula is C21H25NO3. The number of carbonyl (C=O) groups excluding carboxylic acids is 2. The maximum atomic E-state index is 12.2. The summed E-state index contributed by atoms with van der Waals surface area (Å²) < 4.78 is 5.27. The minimum absolute atomic E-state index is 0.241. The minimum atomic E-state index is -0.832. The molecule has 0 aliphatic rings. The molecular weight excluding hydrogens is 314 g/mol. The van der Waals surface area contributed by atoms with Crippen molar-refractivity contribution in [2.75, 3.05) is 6.54 Å². The second kappa shape index (κ2) is 9.02. The molecule has 0 unspecified atom stereocenters. The molecule has 0 aliphatic carbocycles. The molecule has 25 heavy (non-hydrogen) atoms. The number of hydrogen-bond donors (Lipinski definition) is 1. The van der Waals surface area contributed by atoms with Crippen molar-refractivity contribution in [3.8, 4) is 0 Å². The van der Waals surface area contributed by atoms with Crippen molar-refractivity contribution in [2.24, 2.45) is 0 Å². The summed E-state index contributed by atoms with van der Waals surface area (Å²) in [4.78, 5) is 24.4. The molecule has 4 heteroatoms. The third-order valence-corrected chi connectivity index (χ3v) is 4.19. The molecule has 1 N–H and O–H groups in total. The molecule has 2 aromatic rings. The standard InChI is InChI=1S/C21H25NO3/c1-4-17(18-10-6-5-7-11-18)14-22-20(23)16(3)25-21(24)19-12-8-9-15(2)13-19/h5-13,16-17H,4,14H2,1-3H3,(H,22,23)/t16-,17-/m0/s1. The summed E-state index contributed by atoms with van der Waals surface area (Å²) in [6, 6.07) is 17.2. The zero-order chi connectivity index (χ0) is 18.2. The van der Waals surface area contributed by atoms with Gasteiger partial charge in [-0.15, -0.1) is 0 Å². The Morgan fingerprint density at radius 3 is 2.44 bits per heavy atom. The van der Waals surface area contributed by atoms with Crippen LogP contribution in [0.1, 0.15) is 47.7 Å². The van der Waals surface area contributed by atoms with E-state index < -0.39 is 12.1 Å². The first-order valence-corrected chi connectivity index (χ1v) is 8.61. The number of carbonyl (C=O) groups is 2. The molecule has 132 valence electrons. The number of hydrogen-bond acceptors (Lipinski definition) is 3. The van der Waals surface area contributed by atoms with Gasteiger partial charge in [-0.05, 0) is 38.0 Å². The average molecular weight is 339 g/mol. The number of rotatable bonds is 7. The Bertz CT molecular complexity index is 712. The molecule has 0 saturated carbocycles. The van der Waals surface area contributed by atoms with Crippen LogP contribution < -0.4 is 5.32 Å². The SMILES string of the molecule is CC[C@@H](CNC(=O)[C@H](C)OC(=O)c1cccc(C)c1)c1ccccc1. The average Bonchev–Trinajstić information content (AvgIpc) is 2.62. The molecule has 0 radical (unpaired) electrons. The highest BCUT2D eigenvalue weighted by atomic mass is 16.5. The van der Waals surface area contributed by atoms with E-state index in [1.54, 1.807) is 25.1 Å². The zero-order valence-corrected chi connectivity index (χ0v) is 15.0. The Morgan fingerprint density at radius 1 is 1.08 bits per heavy atom. The van der Waals surface area contributed by atoms with E-state index in [1.165, 1.54) is 5.56 Å². The Labute approximate surface area is 149 Å². The van der Waals surface area contributed by atoms with E-state index >= 15 is 0 Å². The topological polar surface area (TPSA) is 55.4 Å². The molecule has 2 aromatic carbocycles. The third-order valence-electron chi connectivity index (χ3n) is 4.19. The van der Waals surface area contributed by atoms with Gasteiger partial charge in [0.2, 0.25) is 0 Å². The van der Waals surface area contributed by atoms with E-state index in [4.69, 9.17) is 4.74 Å². The first-order valence-electron chi connectivity index (χ1n) is 8.61. The van der Waals surface area contributed by atoms with Crippen molar-refractivity contribution in [3.05, 3.63) is 71.3 Å². The molecule has 2 atom stereocenters. The molecule has 0 bridgehead atoms. The Hall–Kier alpha value is -2.62. The molecule has 4 nitrogen and oxygen atoms in total. The predicted molar refractivity (Wildman–Crippen MR) is 98.5 cm³/mol. The lowest BCUT2D eigenvalue weighted by Gasteiger charge is -2.18. The quantitative estimate of drug-likeness (QED) is 0.780. The third kappa shape index (κ3) is 5.45. The highest BCUT2D eigenvalue weighted by Crippen LogP contribution is 2.18. The highest BCUT2D eigenvalue weighted by Gasteiger charge is 2.20. The fourth-order valence-electron chi connectivity index (χ4n) is 2.64. The molecule has 1 amide bonds. The largest absolute Gasteiger partial charge is 0.449 e. The molecule has 0 fully saturated rings. The first-order chi connectivity index (χ1) is 12.0. The van der Waals surface area contributed by atoms with Gasteiger partial charge in [-0.1, -0.05) is 55.0 Å². The Morgan fingerprint density at radius 2 is 1.80 bits per heavy atom. The summed E-state index contributed by atoms with van der Waals surface area (Å²) in [7, 11) is 0. The lowest BCUT2D eigenvalue weighted by Crippen LogP contribution is -2.38. The monoisotopic (exact) mass is 339 g/mol. The van der Waals surface area contributed by atoms with Gasteiger partial charge >= 0.3 is 5.97 Å². The second-order valence-electron chi connectivity index (χ2n) is 6.18. The summed E-state index contributed by atoms with van der Waals surface area (Å²) in [6.07, 6.45) is 0.0863. The molecule has 0 aromatic heterocycles. The molecule has 0 heterocycles. The van der Waals surface area contributed by atoms with Crippen LogP contribution >= 0.6 is 0 Å². The van der Waals surface area contributed by atoms with Crippen LogP contribution in [0.3, 0.4) is 0 Å². The number of amides is 1. The van der Waals surface area contributed by atoms with E-state index in [0.29, 0.717) is 12.1 Å². The summed E-state index contributed by atoms with van der Waals surface area (Å²) in [5.41, 5.74) is 2.62. The first kappa shape index (κ1) is 18.7. The van der Waals surface area contributed by atoms with Crippen molar-refractivity contribution in [2.45, 2.75) is 39.2 Å². The normalized spacial score (nSPS) is 12.9. The lowest BCUT2D eigenvalue weighted by molar-refractivity contribution is -0.129. The van der Waals surface area contributed by atoms with Gasteiger partial charge < -0.3 is 10.1 Å². The van der Waals surface area contributed by atoms with Crippen molar-refractivity contribution < 1.29 is 14.3 Å². The van der Waals surface area contributed by atoms with E-state index in [2.05, 4.69) is 24.4 Å². The van der Waals surface area contributed by atoms with Gasteiger partial charge in [-0.3, -0.25) is 4.79 Å². The van der Waals surface area contributed by atoms with Gasteiger partial charge in [0.1, 0.15) is 0 Å². The maximum absolute atomic E-state index is 12.2. The number of ether oxygens (including phenoxy) is 1. The Kier molecular flexibility index (Phi) is 6.75. The summed E-state index contributed by atoms with van der Waals surface area (Å²) in [5, 5.41) is 2.88. The van der Waals surface area contributed by atoms with E-state index in [1.807, 2.05) is 31.2 Å². The number of benzene rings is 2. The molecule has 0 saturated heterocycles. The smallest absolute Gasteiger partial charge is 0.338 e. The van der Waals surface area contributed by atoms with Crippen LogP contribution in [-0.2, 0) is 9.53 Å². The highest BCUT2D eigenvalue weighted by molar-refractivity contribution is 5.92. The van der Waals surface area contributed by atoms with Crippen LogP contribution in [0.5, 0.6) is 0 Å². The van der Waals surface area contributed by atoms with Crippen LogP contribution in [0, 0.1) is 6.92 Å². The molecule has 2 rings (SSSR count). The fourth-order valence-corrected chi connectivity index (χ4v) is 2.64. The summed E-state index contributed by atoms with van der Waals surface area (Å²) in [6.45, 7) is 6.10. The van der Waals surface area contributed by atoms with Gasteiger partial charge in [-0.25, -0.2) is 4.79 Å². The van der Waals surface area contributed by atoms with Gasteiger partial charge in [0.15, 0.2) is 6.10 Å². The van der Waals surface area contributed by atoms with Crippen LogP contribution in [0.2, 0.25) is 0 Å². The van der Waals surface area contributed by atoms with Gasteiger partial charge in [0.25, 0.3) is 5.91 Å². The Balaban J connectivity index is 1.88. The second-order valence-corrected chi connectivity index (χ2v) is 6.18. The van der Waals surface area contributed by atoms with Crippen molar-refractivity contribution in [3.63, 3.8) is 0 Å². The lowest BCUT2D eigenvalue weighted by atomic mass is 9.96. The zero-order valence-electron chi connectivity index (χ0n) is 15.0. The molecule has 0 spiro atoms. The van der Waals surface area contributed by atoms with Crippen molar-refractivity contribution in [1.29, 1.82) is 0 Å². The van der Waals surface area contributed by atoms with Crippen molar-refractivity contribution >= 4 is 11.9 Å². The van der Waals surface area contributed by atoms with E-state index in [0.717, 1.165) is 12.0 Å². The molecule has 0 aliphatic heterocycles. The summed E-state index contributed by atoms with van der Waals surface area (Å²) >= 11 is 0. The van der Waals surface area contributed by atoms with Gasteiger partial charge in [0, 0.05) is 12.5 Å². The van der Waals surface area contributed by atoms with E-state index in [-0.39, 0.29) is 11.8 Å². The number of nitrogens with one attached hydrogen (secondary N) is 1. The van der Waals surface area contributed by atoms with Crippen LogP contribution in [0.25, 0.3) is 0 Å². The van der Waals surface area contributed by atoms with Crippen LogP contribution in [0.15, 0.2) is 54.6 Å². The van der Waals surface area contributed by atoms with Gasteiger partial charge in [0.05, 0.1) is 5.56 Å². The van der Waals surface area contributed by atoms with Gasteiger partial charge in [-0.2, -0.15) is 0 Å². The van der Waals surface area contributed by atoms with Crippen molar-refractivity contribution in [1.82, 2.24) is 5.32 Å². The fraction of sp³-hybridized carbons (Fsp3) is 0.333. The van der Waals surface area contributed by atoms with E-state index in [9.17, 15) is 9.59 Å².